The van der Waals surface area contributed by atoms with Crippen LogP contribution in [0.15, 0.2) is 18.2 Å². The molecule has 2 unspecified atom stereocenters. The van der Waals surface area contributed by atoms with Gasteiger partial charge in [-0.15, -0.1) is 0 Å². The lowest BCUT2D eigenvalue weighted by atomic mass is 10.0. The van der Waals surface area contributed by atoms with Crippen LogP contribution in [0.25, 0.3) is 0 Å². The fourth-order valence-corrected chi connectivity index (χ4v) is 2.78. The van der Waals surface area contributed by atoms with Gasteiger partial charge in [-0.3, -0.25) is 0 Å². The molecular weight excluding hydrogens is 253 g/mol. The first-order valence-corrected chi connectivity index (χ1v) is 6.46. The Balaban J connectivity index is 2.42. The molecule has 5 heteroatoms. The fourth-order valence-electron chi connectivity index (χ4n) is 2.78. The summed E-state index contributed by atoms with van der Waals surface area (Å²) in [4.78, 5) is 2.13. The van der Waals surface area contributed by atoms with E-state index in [2.05, 4.69) is 4.90 Å². The summed E-state index contributed by atoms with van der Waals surface area (Å²) in [5.74, 6) is 0. The second-order valence-corrected chi connectivity index (χ2v) is 5.47. The van der Waals surface area contributed by atoms with Gasteiger partial charge in [-0.25, -0.2) is 0 Å². The predicted octanol–water partition coefficient (Wildman–Crippen LogP) is 3.19. The summed E-state index contributed by atoms with van der Waals surface area (Å²) in [7, 11) is 0. The molecule has 1 aliphatic heterocycles. The summed E-state index contributed by atoms with van der Waals surface area (Å²) >= 11 is 0. The van der Waals surface area contributed by atoms with Gasteiger partial charge in [0.25, 0.3) is 0 Å². The molecule has 0 radical (unpaired) electrons. The molecule has 19 heavy (non-hydrogen) atoms. The van der Waals surface area contributed by atoms with E-state index in [1.807, 2.05) is 20.8 Å². The van der Waals surface area contributed by atoms with E-state index in [4.69, 9.17) is 5.73 Å². The van der Waals surface area contributed by atoms with E-state index in [-0.39, 0.29) is 18.1 Å². The number of anilines is 1. The molecule has 0 spiro atoms. The SMILES string of the molecule is CC(N)C1Cc2cc(C(F)(F)F)ccc2N1C(C)C. The standard InChI is InChI=1S/C14H19F3N2/c1-8(2)19-12-5-4-11(14(15,16)17)6-10(12)7-13(19)9(3)18/h4-6,8-9,13H,7,18H2,1-3H3. The highest BCUT2D eigenvalue weighted by Gasteiger charge is 2.36. The first-order chi connectivity index (χ1) is 8.71. The van der Waals surface area contributed by atoms with Crippen LogP contribution in [0.4, 0.5) is 18.9 Å². The summed E-state index contributed by atoms with van der Waals surface area (Å²) in [5, 5.41) is 0. The van der Waals surface area contributed by atoms with Crippen molar-refractivity contribution in [3.8, 4) is 0 Å². The van der Waals surface area contributed by atoms with Crippen LogP contribution in [0.5, 0.6) is 0 Å². The average molecular weight is 272 g/mol. The zero-order valence-electron chi connectivity index (χ0n) is 11.3. The second-order valence-electron chi connectivity index (χ2n) is 5.47. The summed E-state index contributed by atoms with van der Waals surface area (Å²) in [6, 6.07) is 4.18. The van der Waals surface area contributed by atoms with Crippen molar-refractivity contribution in [2.75, 3.05) is 4.90 Å². The minimum atomic E-state index is -4.29. The van der Waals surface area contributed by atoms with Gasteiger partial charge in [0.05, 0.1) is 5.56 Å². The van der Waals surface area contributed by atoms with Crippen molar-refractivity contribution in [3.63, 3.8) is 0 Å². The van der Waals surface area contributed by atoms with Crippen LogP contribution in [0.2, 0.25) is 0 Å². The predicted molar refractivity (Wildman–Crippen MR) is 70.2 cm³/mol. The number of nitrogens with zero attached hydrogens (tertiary/aromatic N) is 1. The van der Waals surface area contributed by atoms with Crippen molar-refractivity contribution in [2.24, 2.45) is 5.73 Å². The molecule has 0 saturated heterocycles. The zero-order chi connectivity index (χ0) is 14.4. The lowest BCUT2D eigenvalue weighted by Gasteiger charge is -2.33. The Kier molecular flexibility index (Phi) is 3.51. The van der Waals surface area contributed by atoms with E-state index in [9.17, 15) is 13.2 Å². The Hall–Kier alpha value is -1.23. The van der Waals surface area contributed by atoms with E-state index < -0.39 is 11.7 Å². The molecule has 0 fully saturated rings. The van der Waals surface area contributed by atoms with Crippen molar-refractivity contribution in [2.45, 2.75) is 51.5 Å². The van der Waals surface area contributed by atoms with Gasteiger partial charge >= 0.3 is 6.18 Å². The Bertz CT molecular complexity index is 466. The third-order valence-corrected chi connectivity index (χ3v) is 3.63. The van der Waals surface area contributed by atoms with Gasteiger partial charge in [0.2, 0.25) is 0 Å². The van der Waals surface area contributed by atoms with E-state index in [1.54, 1.807) is 6.07 Å². The number of benzene rings is 1. The maximum absolute atomic E-state index is 12.7. The van der Waals surface area contributed by atoms with E-state index in [0.29, 0.717) is 6.42 Å². The smallest absolute Gasteiger partial charge is 0.364 e. The van der Waals surface area contributed by atoms with Crippen LogP contribution >= 0.6 is 0 Å². The fraction of sp³-hybridized carbons (Fsp3) is 0.571. The van der Waals surface area contributed by atoms with Crippen molar-refractivity contribution in [1.82, 2.24) is 0 Å². The minimum absolute atomic E-state index is 0.0680. The lowest BCUT2D eigenvalue weighted by molar-refractivity contribution is -0.137. The molecule has 0 bridgehead atoms. The van der Waals surface area contributed by atoms with Gasteiger partial charge in [0, 0.05) is 23.8 Å². The Morgan fingerprint density at radius 3 is 2.37 bits per heavy atom. The third kappa shape index (κ3) is 2.56. The number of hydrogen-bond donors (Lipinski definition) is 1. The molecule has 0 aromatic heterocycles. The summed E-state index contributed by atoms with van der Waals surface area (Å²) in [6.07, 6.45) is -3.71. The lowest BCUT2D eigenvalue weighted by Crippen LogP contribution is -2.47. The van der Waals surface area contributed by atoms with Gasteiger partial charge in [-0.2, -0.15) is 13.2 Å². The number of rotatable bonds is 2. The quantitative estimate of drug-likeness (QED) is 0.896. The normalized spacial score (nSPS) is 20.8. The van der Waals surface area contributed by atoms with Crippen LogP contribution in [-0.4, -0.2) is 18.1 Å². The van der Waals surface area contributed by atoms with Crippen LogP contribution in [0.1, 0.15) is 31.9 Å². The topological polar surface area (TPSA) is 29.3 Å². The Morgan fingerprint density at radius 1 is 1.26 bits per heavy atom. The van der Waals surface area contributed by atoms with E-state index in [0.717, 1.165) is 17.3 Å². The highest BCUT2D eigenvalue weighted by atomic mass is 19.4. The molecule has 2 N–H and O–H groups in total. The number of hydrogen-bond acceptors (Lipinski definition) is 2. The molecule has 1 aromatic carbocycles. The molecule has 2 nitrogen and oxygen atoms in total. The highest BCUT2D eigenvalue weighted by Crippen LogP contribution is 2.39. The Morgan fingerprint density at radius 2 is 1.89 bits per heavy atom. The van der Waals surface area contributed by atoms with Crippen molar-refractivity contribution in [3.05, 3.63) is 29.3 Å². The monoisotopic (exact) mass is 272 g/mol. The van der Waals surface area contributed by atoms with Crippen LogP contribution in [0, 0.1) is 0 Å². The van der Waals surface area contributed by atoms with E-state index in [1.165, 1.54) is 6.07 Å². The molecule has 0 aliphatic carbocycles. The molecule has 2 rings (SSSR count). The summed E-state index contributed by atoms with van der Waals surface area (Å²) in [6.45, 7) is 5.96. The summed E-state index contributed by atoms with van der Waals surface area (Å²) in [5.41, 5.74) is 7.00. The van der Waals surface area contributed by atoms with Gasteiger partial charge < -0.3 is 10.6 Å². The molecular formula is C14H19F3N2. The summed E-state index contributed by atoms with van der Waals surface area (Å²) < 4.78 is 38.2. The van der Waals surface area contributed by atoms with Crippen molar-refractivity contribution < 1.29 is 13.2 Å². The molecule has 106 valence electrons. The van der Waals surface area contributed by atoms with Crippen molar-refractivity contribution in [1.29, 1.82) is 0 Å². The third-order valence-electron chi connectivity index (χ3n) is 3.63. The molecule has 0 saturated carbocycles. The first kappa shape index (κ1) is 14.2. The maximum atomic E-state index is 12.7. The van der Waals surface area contributed by atoms with Crippen LogP contribution in [-0.2, 0) is 12.6 Å². The zero-order valence-corrected chi connectivity index (χ0v) is 11.3. The van der Waals surface area contributed by atoms with Gasteiger partial charge in [-0.1, -0.05) is 0 Å². The second kappa shape index (κ2) is 4.71. The molecule has 0 amide bonds. The Labute approximate surface area is 111 Å². The largest absolute Gasteiger partial charge is 0.416 e. The molecule has 1 aromatic rings. The van der Waals surface area contributed by atoms with Crippen molar-refractivity contribution >= 4 is 5.69 Å². The molecule has 1 heterocycles. The van der Waals surface area contributed by atoms with Gasteiger partial charge in [-0.05, 0) is 51.0 Å². The van der Waals surface area contributed by atoms with E-state index >= 15 is 0 Å². The first-order valence-electron chi connectivity index (χ1n) is 6.46. The molecule has 2 atom stereocenters. The molecule has 1 aliphatic rings. The number of alkyl halides is 3. The van der Waals surface area contributed by atoms with Gasteiger partial charge in [0.1, 0.15) is 0 Å². The van der Waals surface area contributed by atoms with Crippen LogP contribution < -0.4 is 10.6 Å². The maximum Gasteiger partial charge on any atom is 0.416 e. The highest BCUT2D eigenvalue weighted by molar-refractivity contribution is 5.61. The number of nitrogens with two attached hydrogens (primary N) is 1. The van der Waals surface area contributed by atoms with Gasteiger partial charge in [0.15, 0.2) is 0 Å². The number of halogens is 3. The minimum Gasteiger partial charge on any atom is -0.364 e. The van der Waals surface area contributed by atoms with Crippen LogP contribution in [0.3, 0.4) is 0 Å². The number of fused-ring (bicyclic) bond motifs is 1. The average Bonchev–Trinajstić information content (AvgIpc) is 2.65.